The minimum atomic E-state index is -1.12. The molecule has 0 radical (unpaired) electrons. The standard InChI is InChI=1S/C13H10N2O5/c1-8-6-9(15(18)19)7-14-12(8)20-11-5-3-2-4-10(11)13(16)17/h2-7H,1H3,(H,16,17). The van der Waals surface area contributed by atoms with Crippen LogP contribution < -0.4 is 4.74 Å². The number of carboxylic acids is 1. The molecule has 0 bridgehead atoms. The summed E-state index contributed by atoms with van der Waals surface area (Å²) in [6, 6.07) is 7.41. The Labute approximate surface area is 113 Å². The maximum Gasteiger partial charge on any atom is 0.339 e. The van der Waals surface area contributed by atoms with E-state index < -0.39 is 10.9 Å². The fourth-order valence-corrected chi connectivity index (χ4v) is 1.59. The lowest BCUT2D eigenvalue weighted by Crippen LogP contribution is -2.01. The number of nitrogens with zero attached hydrogens (tertiary/aromatic N) is 2. The molecule has 102 valence electrons. The average molecular weight is 274 g/mol. The summed E-state index contributed by atoms with van der Waals surface area (Å²) in [4.78, 5) is 24.9. The van der Waals surface area contributed by atoms with Gasteiger partial charge in [-0.15, -0.1) is 0 Å². The second kappa shape index (κ2) is 5.35. The fraction of sp³-hybridized carbons (Fsp3) is 0.0769. The van der Waals surface area contributed by atoms with Gasteiger partial charge in [0.2, 0.25) is 5.88 Å². The molecule has 2 aromatic rings. The second-order valence-electron chi connectivity index (χ2n) is 3.98. The molecule has 1 N–H and O–H groups in total. The maximum absolute atomic E-state index is 11.1. The van der Waals surface area contributed by atoms with Gasteiger partial charge in [-0.1, -0.05) is 12.1 Å². The summed E-state index contributed by atoms with van der Waals surface area (Å²) in [5.41, 5.74) is 0.285. The minimum Gasteiger partial charge on any atom is -0.478 e. The highest BCUT2D eigenvalue weighted by Crippen LogP contribution is 2.27. The molecule has 0 unspecified atom stereocenters. The van der Waals surface area contributed by atoms with Gasteiger partial charge in [0.1, 0.15) is 17.5 Å². The highest BCUT2D eigenvalue weighted by Gasteiger charge is 2.15. The minimum absolute atomic E-state index is 0.00736. The second-order valence-corrected chi connectivity index (χ2v) is 3.98. The summed E-state index contributed by atoms with van der Waals surface area (Å²) in [6.07, 6.45) is 1.06. The molecule has 1 aromatic heterocycles. The zero-order valence-corrected chi connectivity index (χ0v) is 10.4. The van der Waals surface area contributed by atoms with Crippen LogP contribution in [0.3, 0.4) is 0 Å². The van der Waals surface area contributed by atoms with Crippen molar-refractivity contribution in [2.75, 3.05) is 0 Å². The number of aromatic nitrogens is 1. The lowest BCUT2D eigenvalue weighted by molar-refractivity contribution is -0.385. The van der Waals surface area contributed by atoms with Gasteiger partial charge in [0, 0.05) is 11.6 Å². The van der Waals surface area contributed by atoms with E-state index in [-0.39, 0.29) is 22.9 Å². The van der Waals surface area contributed by atoms with Crippen LogP contribution in [0.15, 0.2) is 36.5 Å². The Balaban J connectivity index is 2.36. The quantitative estimate of drug-likeness (QED) is 0.679. The van der Waals surface area contributed by atoms with Crippen LogP contribution in [0.25, 0.3) is 0 Å². The maximum atomic E-state index is 11.1. The van der Waals surface area contributed by atoms with Crippen LogP contribution in [0.5, 0.6) is 11.6 Å². The number of hydrogen-bond acceptors (Lipinski definition) is 5. The number of pyridine rings is 1. The van der Waals surface area contributed by atoms with Gasteiger partial charge in [-0.25, -0.2) is 9.78 Å². The first-order chi connectivity index (χ1) is 9.49. The summed E-state index contributed by atoms with van der Waals surface area (Å²) >= 11 is 0. The number of nitro groups is 1. The summed E-state index contributed by atoms with van der Waals surface area (Å²) < 4.78 is 5.42. The number of benzene rings is 1. The normalized spacial score (nSPS) is 10.1. The Morgan fingerprint density at radius 2 is 2.10 bits per heavy atom. The van der Waals surface area contributed by atoms with Crippen LogP contribution in [-0.4, -0.2) is 21.0 Å². The number of carbonyl (C=O) groups is 1. The highest BCUT2D eigenvalue weighted by atomic mass is 16.6. The first kappa shape index (κ1) is 13.5. The predicted octanol–water partition coefficient (Wildman–Crippen LogP) is 2.79. The number of rotatable bonds is 4. The Kier molecular flexibility index (Phi) is 3.60. The van der Waals surface area contributed by atoms with Gasteiger partial charge in [0.25, 0.3) is 5.69 Å². The smallest absolute Gasteiger partial charge is 0.339 e. The van der Waals surface area contributed by atoms with Crippen molar-refractivity contribution in [2.24, 2.45) is 0 Å². The van der Waals surface area contributed by atoms with Crippen molar-refractivity contribution in [2.45, 2.75) is 6.92 Å². The van der Waals surface area contributed by atoms with E-state index in [2.05, 4.69) is 4.98 Å². The van der Waals surface area contributed by atoms with E-state index in [1.165, 1.54) is 18.2 Å². The third-order valence-corrected chi connectivity index (χ3v) is 2.55. The van der Waals surface area contributed by atoms with E-state index in [9.17, 15) is 14.9 Å². The van der Waals surface area contributed by atoms with E-state index in [1.807, 2.05) is 0 Å². The van der Waals surface area contributed by atoms with Gasteiger partial charge < -0.3 is 9.84 Å². The lowest BCUT2D eigenvalue weighted by Gasteiger charge is -2.09. The average Bonchev–Trinajstić information content (AvgIpc) is 2.41. The number of ether oxygens (including phenoxy) is 1. The zero-order chi connectivity index (χ0) is 14.7. The monoisotopic (exact) mass is 274 g/mol. The van der Waals surface area contributed by atoms with Gasteiger partial charge in [-0.3, -0.25) is 10.1 Å². The Morgan fingerprint density at radius 3 is 2.70 bits per heavy atom. The van der Waals surface area contributed by atoms with Crippen molar-refractivity contribution in [1.82, 2.24) is 4.98 Å². The lowest BCUT2D eigenvalue weighted by atomic mass is 10.2. The molecule has 7 nitrogen and oxygen atoms in total. The molecule has 0 saturated heterocycles. The predicted molar refractivity (Wildman–Crippen MR) is 69.1 cm³/mol. The first-order valence-corrected chi connectivity index (χ1v) is 5.60. The van der Waals surface area contributed by atoms with Crippen LogP contribution >= 0.6 is 0 Å². The molecular weight excluding hydrogens is 264 g/mol. The van der Waals surface area contributed by atoms with E-state index in [1.54, 1.807) is 19.1 Å². The summed E-state index contributed by atoms with van der Waals surface area (Å²) in [6.45, 7) is 1.60. The summed E-state index contributed by atoms with van der Waals surface area (Å²) in [5, 5.41) is 19.7. The van der Waals surface area contributed by atoms with E-state index >= 15 is 0 Å². The topological polar surface area (TPSA) is 103 Å². The zero-order valence-electron chi connectivity index (χ0n) is 10.4. The number of hydrogen-bond donors (Lipinski definition) is 1. The van der Waals surface area contributed by atoms with Crippen LogP contribution in [0.1, 0.15) is 15.9 Å². The molecule has 20 heavy (non-hydrogen) atoms. The van der Waals surface area contributed by atoms with Crippen molar-refractivity contribution in [3.8, 4) is 11.6 Å². The molecule has 1 aromatic carbocycles. The van der Waals surface area contributed by atoms with Crippen molar-refractivity contribution < 1.29 is 19.6 Å². The van der Waals surface area contributed by atoms with Gasteiger partial charge in [-0.2, -0.15) is 0 Å². The Bertz CT molecular complexity index is 684. The molecule has 0 amide bonds. The van der Waals surface area contributed by atoms with Crippen molar-refractivity contribution in [1.29, 1.82) is 0 Å². The largest absolute Gasteiger partial charge is 0.478 e. The summed E-state index contributed by atoms with van der Waals surface area (Å²) in [5.74, 6) is -0.867. The molecular formula is C13H10N2O5. The first-order valence-electron chi connectivity index (χ1n) is 5.60. The number of para-hydroxylation sites is 1. The molecule has 0 spiro atoms. The molecule has 0 aliphatic carbocycles. The fourth-order valence-electron chi connectivity index (χ4n) is 1.59. The summed E-state index contributed by atoms with van der Waals surface area (Å²) in [7, 11) is 0. The van der Waals surface area contributed by atoms with E-state index in [0.29, 0.717) is 5.56 Å². The molecule has 0 saturated carbocycles. The molecule has 1 heterocycles. The van der Waals surface area contributed by atoms with Crippen molar-refractivity contribution >= 4 is 11.7 Å². The third-order valence-electron chi connectivity index (χ3n) is 2.55. The molecule has 2 rings (SSSR count). The van der Waals surface area contributed by atoms with Gasteiger partial charge in [0.15, 0.2) is 0 Å². The molecule has 0 atom stereocenters. The van der Waals surface area contributed by atoms with Crippen molar-refractivity contribution in [3.63, 3.8) is 0 Å². The van der Waals surface area contributed by atoms with Crippen molar-refractivity contribution in [3.05, 3.63) is 57.8 Å². The van der Waals surface area contributed by atoms with E-state index in [4.69, 9.17) is 9.84 Å². The van der Waals surface area contributed by atoms with Crippen LogP contribution in [-0.2, 0) is 0 Å². The number of aromatic carboxylic acids is 1. The van der Waals surface area contributed by atoms with Gasteiger partial charge in [-0.05, 0) is 19.1 Å². The Hall–Kier alpha value is -2.96. The molecule has 0 aliphatic heterocycles. The number of aryl methyl sites for hydroxylation is 1. The Morgan fingerprint density at radius 1 is 1.40 bits per heavy atom. The molecule has 0 aliphatic rings. The molecule has 7 heteroatoms. The van der Waals surface area contributed by atoms with Crippen LogP contribution in [0.4, 0.5) is 5.69 Å². The SMILES string of the molecule is Cc1cc([N+](=O)[O-])cnc1Oc1ccccc1C(=O)O. The number of carboxylic acid groups (broad SMARTS) is 1. The van der Waals surface area contributed by atoms with Crippen LogP contribution in [0.2, 0.25) is 0 Å². The van der Waals surface area contributed by atoms with Gasteiger partial charge >= 0.3 is 5.97 Å². The van der Waals surface area contributed by atoms with Gasteiger partial charge in [0.05, 0.1) is 4.92 Å². The highest BCUT2D eigenvalue weighted by molar-refractivity contribution is 5.90. The van der Waals surface area contributed by atoms with Crippen LogP contribution in [0, 0.1) is 17.0 Å². The molecule has 0 fully saturated rings. The van der Waals surface area contributed by atoms with E-state index in [0.717, 1.165) is 6.20 Å². The third kappa shape index (κ3) is 2.72.